The molecule has 100 valence electrons. The highest BCUT2D eigenvalue weighted by atomic mass is 79.9. The van der Waals surface area contributed by atoms with Crippen LogP contribution in [0.4, 0.5) is 0 Å². The van der Waals surface area contributed by atoms with Crippen LogP contribution in [0.5, 0.6) is 0 Å². The largest absolute Gasteiger partial charge is 0.148 e. The van der Waals surface area contributed by atoms with E-state index < -0.39 is 0 Å². The van der Waals surface area contributed by atoms with Crippen LogP contribution in [0.3, 0.4) is 0 Å². The summed E-state index contributed by atoms with van der Waals surface area (Å²) in [6.07, 6.45) is 5.01. The van der Waals surface area contributed by atoms with Crippen molar-refractivity contribution in [3.63, 3.8) is 0 Å². The highest BCUT2D eigenvalue weighted by molar-refractivity contribution is 9.10. The van der Waals surface area contributed by atoms with E-state index in [1.165, 1.54) is 46.2 Å². The Hall–Kier alpha value is -0.120. The van der Waals surface area contributed by atoms with Crippen molar-refractivity contribution in [2.75, 3.05) is 0 Å². The van der Waals surface area contributed by atoms with Crippen LogP contribution in [-0.2, 0) is 12.8 Å². The van der Waals surface area contributed by atoms with Crippen molar-refractivity contribution >= 4 is 43.2 Å². The normalized spacial score (nSPS) is 22.8. The molecule has 0 fully saturated rings. The molecule has 1 aliphatic rings. The predicted octanol–water partition coefficient (Wildman–Crippen LogP) is 6.14. The maximum Gasteiger partial charge on any atom is 0.0429 e. The third-order valence-electron chi connectivity index (χ3n) is 3.87. The third-order valence-corrected chi connectivity index (χ3v) is 6.83. The zero-order valence-corrected chi connectivity index (χ0v) is 14.6. The maximum absolute atomic E-state index is 3.96. The molecule has 0 amide bonds. The molecule has 3 heteroatoms. The second-order valence-corrected chi connectivity index (χ2v) is 8.09. The van der Waals surface area contributed by atoms with Crippen molar-refractivity contribution in [2.45, 2.75) is 30.5 Å². The summed E-state index contributed by atoms with van der Waals surface area (Å²) < 4.78 is 1.22. The Labute approximate surface area is 135 Å². The van der Waals surface area contributed by atoms with Gasteiger partial charge in [0.1, 0.15) is 0 Å². The van der Waals surface area contributed by atoms with E-state index in [1.807, 2.05) is 11.3 Å². The number of fused-ring (bicyclic) bond motifs is 1. The smallest absolute Gasteiger partial charge is 0.0429 e. The Kier molecular flexibility index (Phi) is 4.45. The average Bonchev–Trinajstić information content (AvgIpc) is 2.75. The van der Waals surface area contributed by atoms with Gasteiger partial charge in [-0.15, -0.1) is 11.3 Å². The van der Waals surface area contributed by atoms with Gasteiger partial charge in [0.15, 0.2) is 0 Å². The molecule has 1 heterocycles. The van der Waals surface area contributed by atoms with Gasteiger partial charge in [0.25, 0.3) is 0 Å². The summed E-state index contributed by atoms with van der Waals surface area (Å²) in [6.45, 7) is 0. The van der Waals surface area contributed by atoms with Gasteiger partial charge in [-0.05, 0) is 64.7 Å². The van der Waals surface area contributed by atoms with Crippen LogP contribution in [0.2, 0.25) is 0 Å². The van der Waals surface area contributed by atoms with Gasteiger partial charge in [0, 0.05) is 19.6 Å². The van der Waals surface area contributed by atoms with Gasteiger partial charge in [-0.25, -0.2) is 0 Å². The van der Waals surface area contributed by atoms with Crippen LogP contribution in [0.15, 0.2) is 40.2 Å². The van der Waals surface area contributed by atoms with Gasteiger partial charge < -0.3 is 0 Å². The Morgan fingerprint density at radius 1 is 1.26 bits per heavy atom. The number of alkyl halides is 1. The summed E-state index contributed by atoms with van der Waals surface area (Å²) in [5.41, 5.74) is 3.03. The lowest BCUT2D eigenvalue weighted by Crippen LogP contribution is -2.09. The molecule has 19 heavy (non-hydrogen) atoms. The molecule has 0 N–H and O–H groups in total. The van der Waals surface area contributed by atoms with Crippen molar-refractivity contribution in [3.8, 4) is 0 Å². The number of aryl methyl sites for hydroxylation is 1. The van der Waals surface area contributed by atoms with Gasteiger partial charge in [0.05, 0.1) is 0 Å². The standard InChI is InChI=1S/C16H16Br2S/c17-13-9-14(19-10-13)8-12-6-3-5-11-4-1-2-7-15(11)16(12)18/h1-2,4,7,9-10,12,16H,3,5-6,8H2. The molecular formula is C16H16Br2S. The van der Waals surface area contributed by atoms with Crippen molar-refractivity contribution in [3.05, 3.63) is 56.2 Å². The molecule has 0 spiro atoms. The van der Waals surface area contributed by atoms with Crippen LogP contribution in [-0.4, -0.2) is 0 Å². The van der Waals surface area contributed by atoms with Gasteiger partial charge in [-0.3, -0.25) is 0 Å². The molecule has 0 radical (unpaired) electrons. The predicted molar refractivity (Wildman–Crippen MR) is 90.3 cm³/mol. The second-order valence-electron chi connectivity index (χ2n) is 5.19. The number of thiophene rings is 1. The Balaban J connectivity index is 1.83. The first-order chi connectivity index (χ1) is 9.24. The first-order valence-electron chi connectivity index (χ1n) is 6.69. The van der Waals surface area contributed by atoms with Crippen molar-refractivity contribution in [2.24, 2.45) is 5.92 Å². The summed E-state index contributed by atoms with van der Waals surface area (Å²) in [6, 6.07) is 11.2. The Bertz CT molecular complexity index is 561. The summed E-state index contributed by atoms with van der Waals surface area (Å²) in [4.78, 5) is 1.98. The van der Waals surface area contributed by atoms with Crippen LogP contribution >= 0.6 is 43.2 Å². The van der Waals surface area contributed by atoms with Gasteiger partial charge in [-0.2, -0.15) is 0 Å². The summed E-state index contributed by atoms with van der Waals surface area (Å²) in [7, 11) is 0. The fourth-order valence-electron chi connectivity index (χ4n) is 2.91. The molecule has 1 aromatic heterocycles. The lowest BCUT2D eigenvalue weighted by Gasteiger charge is -2.21. The molecule has 0 saturated heterocycles. The first-order valence-corrected chi connectivity index (χ1v) is 9.27. The topological polar surface area (TPSA) is 0 Å². The van der Waals surface area contributed by atoms with Crippen LogP contribution in [0, 0.1) is 5.92 Å². The van der Waals surface area contributed by atoms with E-state index in [2.05, 4.69) is 67.6 Å². The number of hydrogen-bond donors (Lipinski definition) is 0. The molecule has 0 nitrogen and oxygen atoms in total. The second kappa shape index (κ2) is 6.11. The third kappa shape index (κ3) is 3.14. The molecule has 0 saturated carbocycles. The highest BCUT2D eigenvalue weighted by Gasteiger charge is 2.25. The van der Waals surface area contributed by atoms with Gasteiger partial charge >= 0.3 is 0 Å². The average molecular weight is 400 g/mol. The van der Waals surface area contributed by atoms with Gasteiger partial charge in [0.2, 0.25) is 0 Å². The number of rotatable bonds is 2. The van der Waals surface area contributed by atoms with Crippen LogP contribution in [0.25, 0.3) is 0 Å². The van der Waals surface area contributed by atoms with E-state index in [1.54, 1.807) is 0 Å². The van der Waals surface area contributed by atoms with E-state index in [0.717, 1.165) is 0 Å². The van der Waals surface area contributed by atoms with Crippen molar-refractivity contribution in [1.29, 1.82) is 0 Å². The monoisotopic (exact) mass is 398 g/mol. The van der Waals surface area contributed by atoms with Crippen molar-refractivity contribution < 1.29 is 0 Å². The number of benzene rings is 1. The molecule has 1 aromatic carbocycles. The summed E-state index contributed by atoms with van der Waals surface area (Å²) in [5.74, 6) is 0.703. The first kappa shape index (κ1) is 13.8. The molecule has 3 rings (SSSR count). The lowest BCUT2D eigenvalue weighted by molar-refractivity contribution is 0.478. The molecule has 0 aliphatic heterocycles. The van der Waals surface area contributed by atoms with Crippen LogP contribution in [0.1, 0.15) is 33.7 Å². The molecule has 2 atom stereocenters. The van der Waals surface area contributed by atoms with E-state index in [-0.39, 0.29) is 0 Å². The molecule has 2 unspecified atom stereocenters. The number of halogens is 2. The molecular weight excluding hydrogens is 384 g/mol. The maximum atomic E-state index is 3.96. The minimum absolute atomic E-state index is 0.493. The fraction of sp³-hybridized carbons (Fsp3) is 0.375. The fourth-order valence-corrected chi connectivity index (χ4v) is 5.35. The molecule has 2 aromatic rings. The Morgan fingerprint density at radius 3 is 2.89 bits per heavy atom. The zero-order valence-electron chi connectivity index (χ0n) is 10.6. The van der Waals surface area contributed by atoms with E-state index >= 15 is 0 Å². The SMILES string of the molecule is Brc1csc(CC2CCCc3ccccc3C2Br)c1. The van der Waals surface area contributed by atoms with Gasteiger partial charge in [-0.1, -0.05) is 40.2 Å². The highest BCUT2D eigenvalue weighted by Crippen LogP contribution is 2.41. The van der Waals surface area contributed by atoms with E-state index in [0.29, 0.717) is 10.7 Å². The van der Waals surface area contributed by atoms with Crippen LogP contribution < -0.4 is 0 Å². The van der Waals surface area contributed by atoms with E-state index in [9.17, 15) is 0 Å². The zero-order chi connectivity index (χ0) is 13.2. The number of hydrogen-bond acceptors (Lipinski definition) is 1. The molecule has 1 aliphatic carbocycles. The summed E-state index contributed by atoms with van der Waals surface area (Å²) in [5, 5.41) is 2.18. The van der Waals surface area contributed by atoms with E-state index in [4.69, 9.17) is 0 Å². The molecule has 0 bridgehead atoms. The summed E-state index contributed by atoms with van der Waals surface area (Å²) >= 11 is 9.38. The lowest BCUT2D eigenvalue weighted by atomic mass is 9.93. The van der Waals surface area contributed by atoms with Crippen molar-refractivity contribution in [1.82, 2.24) is 0 Å². The quantitative estimate of drug-likeness (QED) is 0.420. The minimum Gasteiger partial charge on any atom is -0.148 e. The Morgan fingerprint density at radius 2 is 2.11 bits per heavy atom. The minimum atomic E-state index is 0.493.